The van der Waals surface area contributed by atoms with Gasteiger partial charge < -0.3 is 9.88 Å². The van der Waals surface area contributed by atoms with E-state index in [1.807, 2.05) is 31.2 Å². The smallest absolute Gasteiger partial charge is 0.244 e. The van der Waals surface area contributed by atoms with Crippen LogP contribution in [-0.4, -0.2) is 25.4 Å². The standard InChI is InChI=1S/C25H25N3O4S/c1-2-3-15-26-33(31,32)19-10-8-9-18(16-19)27-24(29)17-28-22-13-6-4-11-20(22)25(30)21-12-5-7-14-23(21)28/h4-14,16,26H,2-3,15,17H2,1H3,(H,27,29). The summed E-state index contributed by atoms with van der Waals surface area (Å²) in [7, 11) is -3.65. The number of anilines is 1. The minimum atomic E-state index is -3.65. The zero-order valence-corrected chi connectivity index (χ0v) is 19.1. The minimum Gasteiger partial charge on any atom is -0.331 e. The number of fused-ring (bicyclic) bond motifs is 2. The molecule has 1 amide bonds. The number of benzene rings is 3. The molecule has 4 aromatic rings. The molecule has 0 spiro atoms. The molecule has 0 fully saturated rings. The Bertz CT molecular complexity index is 1430. The molecule has 0 bridgehead atoms. The average molecular weight is 464 g/mol. The van der Waals surface area contributed by atoms with E-state index in [9.17, 15) is 18.0 Å². The van der Waals surface area contributed by atoms with Gasteiger partial charge in [0.1, 0.15) is 6.54 Å². The first-order chi connectivity index (χ1) is 15.9. The largest absolute Gasteiger partial charge is 0.331 e. The van der Waals surface area contributed by atoms with Gasteiger partial charge in [0.15, 0.2) is 5.43 Å². The lowest BCUT2D eigenvalue weighted by molar-refractivity contribution is -0.116. The zero-order valence-electron chi connectivity index (χ0n) is 18.2. The number of unbranched alkanes of at least 4 members (excludes halogenated alkanes) is 1. The Morgan fingerprint density at radius 1 is 0.909 bits per heavy atom. The Hall–Kier alpha value is -3.49. The van der Waals surface area contributed by atoms with Crippen molar-refractivity contribution in [3.8, 4) is 0 Å². The third kappa shape index (κ3) is 4.81. The highest BCUT2D eigenvalue weighted by Crippen LogP contribution is 2.20. The molecular weight excluding hydrogens is 438 g/mol. The van der Waals surface area contributed by atoms with Gasteiger partial charge in [-0.15, -0.1) is 0 Å². The number of amides is 1. The minimum absolute atomic E-state index is 0.0347. The van der Waals surface area contributed by atoms with Crippen molar-refractivity contribution in [2.45, 2.75) is 31.2 Å². The number of carbonyl (C=O) groups is 1. The molecule has 7 nitrogen and oxygen atoms in total. The number of carbonyl (C=O) groups excluding carboxylic acids is 1. The first-order valence-electron chi connectivity index (χ1n) is 10.8. The highest BCUT2D eigenvalue weighted by Gasteiger charge is 2.16. The van der Waals surface area contributed by atoms with E-state index in [0.29, 0.717) is 34.0 Å². The van der Waals surface area contributed by atoms with Gasteiger partial charge in [0.05, 0.1) is 15.9 Å². The second-order valence-corrected chi connectivity index (χ2v) is 9.54. The van der Waals surface area contributed by atoms with Crippen molar-refractivity contribution in [1.29, 1.82) is 0 Å². The fourth-order valence-electron chi connectivity index (χ4n) is 3.80. The predicted octanol–water partition coefficient (Wildman–Crippen LogP) is 3.87. The van der Waals surface area contributed by atoms with Crippen LogP contribution in [0.5, 0.6) is 0 Å². The molecule has 0 atom stereocenters. The maximum atomic E-state index is 13.0. The van der Waals surface area contributed by atoms with Gasteiger partial charge in [0, 0.05) is 23.0 Å². The van der Waals surface area contributed by atoms with Crippen LogP contribution in [-0.2, 0) is 21.4 Å². The summed E-state index contributed by atoms with van der Waals surface area (Å²) in [6, 6.07) is 20.5. The van der Waals surface area contributed by atoms with Crippen molar-refractivity contribution in [2.75, 3.05) is 11.9 Å². The normalized spacial score (nSPS) is 11.7. The third-order valence-electron chi connectivity index (χ3n) is 5.43. The summed E-state index contributed by atoms with van der Waals surface area (Å²) in [6.07, 6.45) is 1.63. The molecule has 170 valence electrons. The summed E-state index contributed by atoms with van der Waals surface area (Å²) in [5, 5.41) is 3.86. The van der Waals surface area contributed by atoms with Crippen LogP contribution < -0.4 is 15.5 Å². The molecule has 4 rings (SSSR count). The fourth-order valence-corrected chi connectivity index (χ4v) is 4.92. The molecule has 0 saturated heterocycles. The van der Waals surface area contributed by atoms with E-state index >= 15 is 0 Å². The Balaban J connectivity index is 1.63. The monoisotopic (exact) mass is 463 g/mol. The number of hydrogen-bond acceptors (Lipinski definition) is 4. The molecular formula is C25H25N3O4S. The molecule has 0 aliphatic carbocycles. The van der Waals surface area contributed by atoms with Crippen LogP contribution in [0.15, 0.2) is 82.5 Å². The highest BCUT2D eigenvalue weighted by molar-refractivity contribution is 7.89. The molecule has 8 heteroatoms. The lowest BCUT2D eigenvalue weighted by Gasteiger charge is -2.15. The molecule has 2 N–H and O–H groups in total. The van der Waals surface area contributed by atoms with Crippen LogP contribution in [0.2, 0.25) is 0 Å². The molecule has 0 unspecified atom stereocenters. The van der Waals surface area contributed by atoms with Crippen LogP contribution in [0.25, 0.3) is 21.8 Å². The topological polar surface area (TPSA) is 97.3 Å². The Morgan fingerprint density at radius 3 is 2.18 bits per heavy atom. The van der Waals surface area contributed by atoms with Crippen molar-refractivity contribution in [1.82, 2.24) is 9.29 Å². The van der Waals surface area contributed by atoms with Crippen LogP contribution in [0.4, 0.5) is 5.69 Å². The zero-order chi connectivity index (χ0) is 23.4. The van der Waals surface area contributed by atoms with E-state index in [0.717, 1.165) is 12.8 Å². The van der Waals surface area contributed by atoms with E-state index in [1.165, 1.54) is 12.1 Å². The lowest BCUT2D eigenvalue weighted by atomic mass is 10.1. The first kappa shape index (κ1) is 22.7. The number of para-hydroxylation sites is 2. The summed E-state index contributed by atoms with van der Waals surface area (Å²) < 4.78 is 29.4. The van der Waals surface area contributed by atoms with Crippen molar-refractivity contribution in [3.05, 3.63) is 83.0 Å². The summed E-state index contributed by atoms with van der Waals surface area (Å²) in [4.78, 5) is 25.9. The number of nitrogens with one attached hydrogen (secondary N) is 2. The molecule has 0 aliphatic rings. The Labute approximate surface area is 192 Å². The number of nitrogens with zero attached hydrogens (tertiary/aromatic N) is 1. The Kier molecular flexibility index (Phi) is 6.57. The molecule has 0 saturated carbocycles. The molecule has 1 heterocycles. The van der Waals surface area contributed by atoms with Crippen molar-refractivity contribution in [2.24, 2.45) is 0 Å². The van der Waals surface area contributed by atoms with Crippen LogP contribution >= 0.6 is 0 Å². The van der Waals surface area contributed by atoms with E-state index in [4.69, 9.17) is 0 Å². The number of sulfonamides is 1. The predicted molar refractivity (Wildman–Crippen MR) is 131 cm³/mol. The van der Waals surface area contributed by atoms with Gasteiger partial charge in [-0.3, -0.25) is 9.59 Å². The number of rotatable bonds is 8. The van der Waals surface area contributed by atoms with Gasteiger partial charge in [-0.2, -0.15) is 0 Å². The second-order valence-electron chi connectivity index (χ2n) is 7.78. The molecule has 1 aromatic heterocycles. The number of pyridine rings is 1. The van der Waals surface area contributed by atoms with Gasteiger partial charge in [-0.05, 0) is 48.9 Å². The third-order valence-corrected chi connectivity index (χ3v) is 6.89. The number of hydrogen-bond donors (Lipinski definition) is 2. The summed E-state index contributed by atoms with van der Waals surface area (Å²) >= 11 is 0. The maximum absolute atomic E-state index is 13.0. The van der Waals surface area contributed by atoms with Gasteiger partial charge in [0.2, 0.25) is 15.9 Å². The van der Waals surface area contributed by atoms with Gasteiger partial charge in [0.25, 0.3) is 0 Å². The Morgan fingerprint density at radius 2 is 1.55 bits per heavy atom. The quantitative estimate of drug-likeness (QED) is 0.306. The van der Waals surface area contributed by atoms with Gasteiger partial charge in [-0.1, -0.05) is 43.7 Å². The number of aromatic nitrogens is 1. The van der Waals surface area contributed by atoms with Crippen LogP contribution in [0, 0.1) is 0 Å². The van der Waals surface area contributed by atoms with Gasteiger partial charge >= 0.3 is 0 Å². The highest BCUT2D eigenvalue weighted by atomic mass is 32.2. The molecule has 3 aromatic carbocycles. The van der Waals surface area contributed by atoms with Gasteiger partial charge in [-0.25, -0.2) is 13.1 Å². The van der Waals surface area contributed by atoms with Crippen molar-refractivity contribution < 1.29 is 13.2 Å². The maximum Gasteiger partial charge on any atom is 0.244 e. The first-order valence-corrected chi connectivity index (χ1v) is 12.3. The summed E-state index contributed by atoms with van der Waals surface area (Å²) in [5.41, 5.74) is 1.62. The fraction of sp³-hybridized carbons (Fsp3) is 0.200. The second kappa shape index (κ2) is 9.56. The molecule has 0 aliphatic heterocycles. The van der Waals surface area contributed by atoms with E-state index in [2.05, 4.69) is 10.0 Å². The SMILES string of the molecule is CCCCNS(=O)(=O)c1cccc(NC(=O)Cn2c3ccccc3c(=O)c3ccccc32)c1. The average Bonchev–Trinajstić information content (AvgIpc) is 2.82. The molecule has 33 heavy (non-hydrogen) atoms. The lowest BCUT2D eigenvalue weighted by Crippen LogP contribution is -2.25. The summed E-state index contributed by atoms with van der Waals surface area (Å²) in [6.45, 7) is 2.31. The van der Waals surface area contributed by atoms with Crippen molar-refractivity contribution >= 4 is 43.4 Å². The molecule has 0 radical (unpaired) electrons. The van der Waals surface area contributed by atoms with E-state index < -0.39 is 10.0 Å². The van der Waals surface area contributed by atoms with Crippen LogP contribution in [0.1, 0.15) is 19.8 Å². The van der Waals surface area contributed by atoms with Crippen molar-refractivity contribution in [3.63, 3.8) is 0 Å². The van der Waals surface area contributed by atoms with E-state index in [1.54, 1.807) is 41.0 Å². The summed E-state index contributed by atoms with van der Waals surface area (Å²) in [5.74, 6) is -0.331. The van der Waals surface area contributed by atoms with Crippen LogP contribution in [0.3, 0.4) is 0 Å². The van der Waals surface area contributed by atoms with E-state index in [-0.39, 0.29) is 22.8 Å².